The Balaban J connectivity index is 1.93. The van der Waals surface area contributed by atoms with Crippen molar-refractivity contribution in [2.24, 2.45) is 0 Å². The third-order valence-corrected chi connectivity index (χ3v) is 4.85. The summed E-state index contributed by atoms with van der Waals surface area (Å²) < 4.78 is 0. The molecule has 2 aromatic rings. The maximum absolute atomic E-state index is 12.0. The minimum atomic E-state index is 0.0226. The van der Waals surface area contributed by atoms with Gasteiger partial charge >= 0.3 is 0 Å². The molecule has 3 rings (SSSR count). The van der Waals surface area contributed by atoms with Crippen molar-refractivity contribution in [3.8, 4) is 0 Å². The molecule has 0 radical (unpaired) electrons. The van der Waals surface area contributed by atoms with Gasteiger partial charge in [0.15, 0.2) is 5.16 Å². The lowest BCUT2D eigenvalue weighted by Gasteiger charge is -2.19. The minimum absolute atomic E-state index is 0.0226. The van der Waals surface area contributed by atoms with Gasteiger partial charge < -0.3 is 5.32 Å². The van der Waals surface area contributed by atoms with Gasteiger partial charge in [-0.15, -0.1) is 0 Å². The Morgan fingerprint density at radius 2 is 2.14 bits per heavy atom. The van der Waals surface area contributed by atoms with Crippen LogP contribution in [0.2, 0.25) is 0 Å². The molecule has 0 amide bonds. The second-order valence-electron chi connectivity index (χ2n) is 5.22. The van der Waals surface area contributed by atoms with Crippen molar-refractivity contribution >= 4 is 34.3 Å². The van der Waals surface area contributed by atoms with Crippen LogP contribution in [-0.4, -0.2) is 27.5 Å². The number of fused-ring (bicyclic) bond motifs is 1. The normalized spacial score (nSPS) is 18.9. The number of thioether (sulfide) groups is 1. The first-order valence-corrected chi connectivity index (χ1v) is 8.36. The molecule has 21 heavy (non-hydrogen) atoms. The molecule has 1 fully saturated rings. The fraction of sp³-hybridized carbons (Fsp3) is 0.438. The lowest BCUT2D eigenvalue weighted by atomic mass is 9.99. The first kappa shape index (κ1) is 14.3. The monoisotopic (exact) mass is 301 g/mol. The summed E-state index contributed by atoms with van der Waals surface area (Å²) in [5.74, 6) is 1.20. The number of hydrogen-bond acceptors (Lipinski definition) is 5. The molecule has 1 saturated carbocycles. The quantitative estimate of drug-likeness (QED) is 0.873. The van der Waals surface area contributed by atoms with E-state index in [0.717, 1.165) is 42.5 Å². The number of carbonyl (C=O) groups is 1. The summed E-state index contributed by atoms with van der Waals surface area (Å²) in [5, 5.41) is 5.04. The Kier molecular flexibility index (Phi) is 4.39. The zero-order valence-electron chi connectivity index (χ0n) is 12.1. The summed E-state index contributed by atoms with van der Waals surface area (Å²) in [6, 6.07) is 7.98. The maximum Gasteiger partial charge on any atom is 0.190 e. The molecule has 1 aromatic carbocycles. The highest BCUT2D eigenvalue weighted by Crippen LogP contribution is 2.32. The van der Waals surface area contributed by atoms with Crippen LogP contribution in [0.15, 0.2) is 29.4 Å². The van der Waals surface area contributed by atoms with Crippen molar-refractivity contribution in [1.29, 1.82) is 0 Å². The highest BCUT2D eigenvalue weighted by molar-refractivity contribution is 8.00. The molecule has 1 aliphatic carbocycles. The van der Waals surface area contributed by atoms with Gasteiger partial charge in [0.2, 0.25) is 0 Å². The van der Waals surface area contributed by atoms with E-state index >= 15 is 0 Å². The van der Waals surface area contributed by atoms with Crippen LogP contribution >= 0.6 is 11.8 Å². The summed E-state index contributed by atoms with van der Waals surface area (Å²) in [6.45, 7) is 2.86. The summed E-state index contributed by atoms with van der Waals surface area (Å²) >= 11 is 1.52. The number of nitrogens with zero attached hydrogens (tertiary/aromatic N) is 2. The number of rotatable bonds is 4. The number of Topliss-reactive ketones (excluding diaryl/α,β-unsaturated/α-hetero) is 1. The van der Waals surface area contributed by atoms with Crippen LogP contribution in [0.25, 0.3) is 10.9 Å². The average molecular weight is 301 g/mol. The second-order valence-corrected chi connectivity index (χ2v) is 6.39. The molecule has 0 bridgehead atoms. The molecule has 1 atom stereocenters. The van der Waals surface area contributed by atoms with Crippen LogP contribution in [0, 0.1) is 0 Å². The number of ketones is 1. The van der Waals surface area contributed by atoms with Crippen LogP contribution in [0.3, 0.4) is 0 Å². The van der Waals surface area contributed by atoms with Crippen LogP contribution in [0.4, 0.5) is 5.82 Å². The number of carbonyl (C=O) groups excluding carboxylic acids is 1. The van der Waals surface area contributed by atoms with Gasteiger partial charge in [0.25, 0.3) is 0 Å². The lowest BCUT2D eigenvalue weighted by molar-refractivity contribution is -0.119. The van der Waals surface area contributed by atoms with Crippen molar-refractivity contribution in [3.63, 3.8) is 0 Å². The lowest BCUT2D eigenvalue weighted by Crippen LogP contribution is -2.21. The summed E-state index contributed by atoms with van der Waals surface area (Å²) in [5.41, 5.74) is 0.925. The van der Waals surface area contributed by atoms with Crippen molar-refractivity contribution in [2.75, 3.05) is 11.9 Å². The Hall–Kier alpha value is -1.62. The first-order valence-electron chi connectivity index (χ1n) is 7.48. The van der Waals surface area contributed by atoms with Gasteiger partial charge in [0.05, 0.1) is 10.8 Å². The van der Waals surface area contributed by atoms with Crippen LogP contribution in [0.5, 0.6) is 0 Å². The van der Waals surface area contributed by atoms with E-state index in [1.807, 2.05) is 31.2 Å². The Bertz CT molecular complexity index is 659. The number of nitrogens with one attached hydrogen (secondary N) is 1. The highest BCUT2D eigenvalue weighted by atomic mass is 32.2. The predicted molar refractivity (Wildman–Crippen MR) is 86.8 cm³/mol. The number of para-hydroxylation sites is 1. The topological polar surface area (TPSA) is 54.9 Å². The molecule has 110 valence electrons. The fourth-order valence-electron chi connectivity index (χ4n) is 2.61. The van der Waals surface area contributed by atoms with Gasteiger partial charge in [-0.1, -0.05) is 30.3 Å². The van der Waals surface area contributed by atoms with Crippen LogP contribution in [-0.2, 0) is 4.79 Å². The molecule has 1 unspecified atom stereocenters. The molecule has 0 spiro atoms. The SMILES string of the molecule is CCNc1nc(SC2CCCCC2=O)nc2ccccc12. The van der Waals surface area contributed by atoms with E-state index < -0.39 is 0 Å². The summed E-state index contributed by atoms with van der Waals surface area (Å²) in [6.07, 6.45) is 3.79. The predicted octanol–water partition coefficient (Wildman–Crippen LogP) is 3.67. The molecule has 1 aromatic heterocycles. The van der Waals surface area contributed by atoms with Crippen molar-refractivity contribution in [1.82, 2.24) is 9.97 Å². The molecule has 1 heterocycles. The largest absolute Gasteiger partial charge is 0.370 e. The molecular weight excluding hydrogens is 282 g/mol. The molecule has 1 N–H and O–H groups in total. The number of anilines is 1. The Labute approximate surface area is 128 Å². The number of benzene rings is 1. The van der Waals surface area contributed by atoms with E-state index in [4.69, 9.17) is 0 Å². The van der Waals surface area contributed by atoms with Gasteiger partial charge in [-0.25, -0.2) is 9.97 Å². The zero-order valence-corrected chi connectivity index (χ0v) is 12.9. The van der Waals surface area contributed by atoms with Gasteiger partial charge in [-0.3, -0.25) is 4.79 Å². The van der Waals surface area contributed by atoms with Gasteiger partial charge in [-0.05, 0) is 31.9 Å². The van der Waals surface area contributed by atoms with E-state index in [1.54, 1.807) is 0 Å². The van der Waals surface area contributed by atoms with Gasteiger partial charge in [0.1, 0.15) is 11.6 Å². The van der Waals surface area contributed by atoms with E-state index in [0.29, 0.717) is 17.4 Å². The Morgan fingerprint density at radius 3 is 2.95 bits per heavy atom. The third-order valence-electron chi connectivity index (χ3n) is 3.67. The van der Waals surface area contributed by atoms with Crippen molar-refractivity contribution in [2.45, 2.75) is 43.0 Å². The number of hydrogen-bond donors (Lipinski definition) is 1. The summed E-state index contributed by atoms with van der Waals surface area (Å²) in [7, 11) is 0. The molecule has 1 aliphatic rings. The minimum Gasteiger partial charge on any atom is -0.370 e. The average Bonchev–Trinajstić information content (AvgIpc) is 2.50. The zero-order chi connectivity index (χ0) is 14.7. The highest BCUT2D eigenvalue weighted by Gasteiger charge is 2.24. The van der Waals surface area contributed by atoms with Crippen molar-refractivity contribution < 1.29 is 4.79 Å². The smallest absolute Gasteiger partial charge is 0.190 e. The van der Waals surface area contributed by atoms with E-state index in [9.17, 15) is 4.79 Å². The fourth-order valence-corrected chi connectivity index (χ4v) is 3.70. The van der Waals surface area contributed by atoms with Crippen molar-refractivity contribution in [3.05, 3.63) is 24.3 Å². The maximum atomic E-state index is 12.0. The molecular formula is C16H19N3OS. The molecule has 5 heteroatoms. The summed E-state index contributed by atoms with van der Waals surface area (Å²) in [4.78, 5) is 21.2. The first-order chi connectivity index (χ1) is 10.3. The molecule has 0 aliphatic heterocycles. The van der Waals surface area contributed by atoms with Crippen LogP contribution in [0.1, 0.15) is 32.6 Å². The van der Waals surface area contributed by atoms with E-state index in [-0.39, 0.29) is 5.25 Å². The second kappa shape index (κ2) is 6.43. The van der Waals surface area contributed by atoms with E-state index in [1.165, 1.54) is 11.8 Å². The van der Waals surface area contributed by atoms with Crippen LogP contribution < -0.4 is 5.32 Å². The van der Waals surface area contributed by atoms with Gasteiger partial charge in [0, 0.05) is 18.4 Å². The van der Waals surface area contributed by atoms with E-state index in [2.05, 4.69) is 15.3 Å². The molecule has 4 nitrogen and oxygen atoms in total. The standard InChI is InChI=1S/C16H19N3OS/c1-2-17-15-11-7-3-4-8-12(11)18-16(19-15)21-14-10-6-5-9-13(14)20/h3-4,7-8,14H,2,5-6,9-10H2,1H3,(H,17,18,19). The molecule has 0 saturated heterocycles. The van der Waals surface area contributed by atoms with Gasteiger partial charge in [-0.2, -0.15) is 0 Å². The third kappa shape index (κ3) is 3.18. The number of aromatic nitrogens is 2. The Morgan fingerprint density at radius 1 is 1.29 bits per heavy atom.